The van der Waals surface area contributed by atoms with Crippen molar-refractivity contribution in [1.29, 1.82) is 0 Å². The lowest BCUT2D eigenvalue weighted by Crippen LogP contribution is -2.53. The van der Waals surface area contributed by atoms with Crippen molar-refractivity contribution in [3.8, 4) is 0 Å². The summed E-state index contributed by atoms with van der Waals surface area (Å²) >= 11 is 0. The topological polar surface area (TPSA) is 58.8 Å². The molecule has 2 aliphatic rings. The van der Waals surface area contributed by atoms with Gasteiger partial charge in [-0.3, -0.25) is 14.7 Å². The number of rotatable bonds is 2. The molecular formula is C18H23N3O3. The number of furan rings is 1. The number of nitrogens with zero attached hydrogens (tertiary/aromatic N) is 3. The Morgan fingerprint density at radius 3 is 2.88 bits per heavy atom. The van der Waals surface area contributed by atoms with Gasteiger partial charge in [-0.15, -0.1) is 0 Å². The van der Waals surface area contributed by atoms with Crippen molar-refractivity contribution in [1.82, 2.24) is 14.8 Å². The van der Waals surface area contributed by atoms with E-state index in [0.29, 0.717) is 23.4 Å². The molecule has 4 heterocycles. The molecular weight excluding hydrogens is 306 g/mol. The third-order valence-electron chi connectivity index (χ3n) is 5.22. The number of hydrogen-bond donors (Lipinski definition) is 0. The van der Waals surface area contributed by atoms with Crippen molar-refractivity contribution in [2.24, 2.45) is 0 Å². The van der Waals surface area contributed by atoms with Gasteiger partial charge in [-0.2, -0.15) is 0 Å². The Labute approximate surface area is 141 Å². The number of likely N-dealkylation sites (tertiary alicyclic amines) is 1. The second kappa shape index (κ2) is 6.53. The minimum atomic E-state index is 0.00970. The maximum absolute atomic E-state index is 12.8. The van der Waals surface area contributed by atoms with Gasteiger partial charge in [0.1, 0.15) is 11.3 Å². The molecule has 6 nitrogen and oxygen atoms in total. The van der Waals surface area contributed by atoms with Crippen molar-refractivity contribution in [2.75, 3.05) is 32.8 Å². The van der Waals surface area contributed by atoms with Crippen molar-refractivity contribution in [3.63, 3.8) is 0 Å². The lowest BCUT2D eigenvalue weighted by Gasteiger charge is -2.43. The molecule has 128 valence electrons. The van der Waals surface area contributed by atoms with Crippen molar-refractivity contribution >= 4 is 16.9 Å². The molecule has 2 saturated heterocycles. The molecule has 0 aliphatic carbocycles. The first-order valence-corrected chi connectivity index (χ1v) is 8.69. The van der Waals surface area contributed by atoms with Crippen LogP contribution in [0, 0.1) is 0 Å². The third kappa shape index (κ3) is 2.80. The molecule has 2 aromatic rings. The SMILES string of the molecule is CC1COCCN1C1CCN(C(=O)c2nccc3occc23)CC1. The molecule has 24 heavy (non-hydrogen) atoms. The summed E-state index contributed by atoms with van der Waals surface area (Å²) in [5.74, 6) is 0.00970. The van der Waals surface area contributed by atoms with E-state index in [4.69, 9.17) is 9.15 Å². The molecule has 0 bridgehead atoms. The molecule has 6 heteroatoms. The van der Waals surface area contributed by atoms with Crippen molar-refractivity contribution in [3.05, 3.63) is 30.3 Å². The van der Waals surface area contributed by atoms with Gasteiger partial charge in [0.05, 0.1) is 24.9 Å². The van der Waals surface area contributed by atoms with E-state index >= 15 is 0 Å². The Kier molecular flexibility index (Phi) is 4.24. The average Bonchev–Trinajstić information content (AvgIpc) is 3.10. The van der Waals surface area contributed by atoms with Gasteiger partial charge < -0.3 is 14.1 Å². The van der Waals surface area contributed by atoms with Gasteiger partial charge in [-0.05, 0) is 31.9 Å². The van der Waals surface area contributed by atoms with Gasteiger partial charge in [0.25, 0.3) is 5.91 Å². The molecule has 0 spiro atoms. The number of hydrogen-bond acceptors (Lipinski definition) is 5. The van der Waals surface area contributed by atoms with Crippen LogP contribution in [0.2, 0.25) is 0 Å². The Balaban J connectivity index is 1.44. The van der Waals surface area contributed by atoms with E-state index < -0.39 is 0 Å². The smallest absolute Gasteiger partial charge is 0.273 e. The van der Waals surface area contributed by atoms with Crippen LogP contribution < -0.4 is 0 Å². The first kappa shape index (κ1) is 15.6. The van der Waals surface area contributed by atoms with Gasteiger partial charge in [0, 0.05) is 37.9 Å². The fourth-order valence-electron chi connectivity index (χ4n) is 3.90. The highest BCUT2D eigenvalue weighted by Crippen LogP contribution is 2.24. The molecule has 1 unspecified atom stereocenters. The van der Waals surface area contributed by atoms with Gasteiger partial charge in [-0.1, -0.05) is 0 Å². The molecule has 4 rings (SSSR count). The number of fused-ring (bicyclic) bond motifs is 1. The fourth-order valence-corrected chi connectivity index (χ4v) is 3.90. The van der Waals surface area contributed by atoms with E-state index in [9.17, 15) is 4.79 Å². The number of piperidine rings is 1. The van der Waals surface area contributed by atoms with Crippen LogP contribution in [0.15, 0.2) is 29.0 Å². The number of pyridine rings is 1. The standard InChI is InChI=1S/C18H23N3O3/c1-13-12-23-11-9-21(13)14-3-7-20(8-4-14)18(22)17-15-5-10-24-16(15)2-6-19-17/h2,5-6,10,13-14H,3-4,7-9,11-12H2,1H3. The van der Waals surface area contributed by atoms with E-state index in [1.54, 1.807) is 18.5 Å². The minimum absolute atomic E-state index is 0.00970. The highest BCUT2D eigenvalue weighted by Gasteiger charge is 2.31. The lowest BCUT2D eigenvalue weighted by molar-refractivity contribution is -0.0335. The maximum Gasteiger partial charge on any atom is 0.273 e. The summed E-state index contributed by atoms with van der Waals surface area (Å²) in [6, 6.07) is 4.62. The third-order valence-corrected chi connectivity index (χ3v) is 5.22. The first-order chi connectivity index (χ1) is 11.7. The van der Waals surface area contributed by atoms with Crippen LogP contribution in [0.5, 0.6) is 0 Å². The highest BCUT2D eigenvalue weighted by atomic mass is 16.5. The first-order valence-electron chi connectivity index (χ1n) is 8.69. The minimum Gasteiger partial charge on any atom is -0.464 e. The summed E-state index contributed by atoms with van der Waals surface area (Å²) in [7, 11) is 0. The number of morpholine rings is 1. The second-order valence-corrected chi connectivity index (χ2v) is 6.68. The van der Waals surface area contributed by atoms with Crippen LogP contribution in [-0.4, -0.2) is 65.6 Å². The summed E-state index contributed by atoms with van der Waals surface area (Å²) in [6.07, 6.45) is 5.27. The zero-order valence-corrected chi connectivity index (χ0v) is 14.0. The number of amides is 1. The van der Waals surface area contributed by atoms with Gasteiger partial charge in [0.15, 0.2) is 0 Å². The molecule has 0 radical (unpaired) electrons. The highest BCUT2D eigenvalue weighted by molar-refractivity contribution is 6.03. The van der Waals surface area contributed by atoms with Crippen LogP contribution >= 0.6 is 0 Å². The van der Waals surface area contributed by atoms with E-state index in [1.165, 1.54) is 0 Å². The van der Waals surface area contributed by atoms with E-state index in [-0.39, 0.29) is 5.91 Å². The monoisotopic (exact) mass is 329 g/mol. The predicted octanol–water partition coefficient (Wildman–Crippen LogP) is 2.15. The molecule has 1 atom stereocenters. The molecule has 1 amide bonds. The quantitative estimate of drug-likeness (QED) is 0.845. The van der Waals surface area contributed by atoms with E-state index in [2.05, 4.69) is 16.8 Å². The average molecular weight is 329 g/mol. The van der Waals surface area contributed by atoms with Crippen LogP contribution in [0.1, 0.15) is 30.3 Å². The van der Waals surface area contributed by atoms with Gasteiger partial charge in [0.2, 0.25) is 0 Å². The van der Waals surface area contributed by atoms with Gasteiger partial charge in [-0.25, -0.2) is 0 Å². The zero-order valence-electron chi connectivity index (χ0n) is 14.0. The largest absolute Gasteiger partial charge is 0.464 e. The van der Waals surface area contributed by atoms with Crippen LogP contribution in [0.4, 0.5) is 0 Å². The molecule has 2 fully saturated rings. The molecule has 2 aromatic heterocycles. The summed E-state index contributed by atoms with van der Waals surface area (Å²) in [5.41, 5.74) is 1.21. The maximum atomic E-state index is 12.8. The second-order valence-electron chi connectivity index (χ2n) is 6.68. The summed E-state index contributed by atoms with van der Waals surface area (Å²) in [6.45, 7) is 6.41. The lowest BCUT2D eigenvalue weighted by atomic mass is 10.0. The molecule has 2 aliphatic heterocycles. The number of carbonyl (C=O) groups is 1. The van der Waals surface area contributed by atoms with Crippen LogP contribution in [-0.2, 0) is 4.74 Å². The Hall–Kier alpha value is -1.92. The zero-order chi connectivity index (χ0) is 16.5. The van der Waals surface area contributed by atoms with Crippen LogP contribution in [0.25, 0.3) is 11.0 Å². The van der Waals surface area contributed by atoms with Crippen molar-refractivity contribution in [2.45, 2.75) is 31.8 Å². The Bertz CT molecular complexity index is 721. The summed E-state index contributed by atoms with van der Waals surface area (Å²) in [5, 5.41) is 0.798. The molecule has 0 aromatic carbocycles. The predicted molar refractivity (Wildman–Crippen MR) is 89.9 cm³/mol. The Morgan fingerprint density at radius 1 is 1.25 bits per heavy atom. The summed E-state index contributed by atoms with van der Waals surface area (Å²) in [4.78, 5) is 21.6. The number of ether oxygens (including phenoxy) is 1. The normalized spacial score (nSPS) is 23.7. The number of aromatic nitrogens is 1. The Morgan fingerprint density at radius 2 is 2.08 bits per heavy atom. The number of carbonyl (C=O) groups excluding carboxylic acids is 1. The van der Waals surface area contributed by atoms with Gasteiger partial charge >= 0.3 is 0 Å². The van der Waals surface area contributed by atoms with Crippen molar-refractivity contribution < 1.29 is 13.9 Å². The van der Waals surface area contributed by atoms with E-state index in [0.717, 1.165) is 51.1 Å². The molecule has 0 N–H and O–H groups in total. The van der Waals surface area contributed by atoms with Crippen LogP contribution in [0.3, 0.4) is 0 Å². The summed E-state index contributed by atoms with van der Waals surface area (Å²) < 4.78 is 10.9. The molecule has 0 saturated carbocycles. The van der Waals surface area contributed by atoms with E-state index in [1.807, 2.05) is 11.0 Å². The fraction of sp³-hybridized carbons (Fsp3) is 0.556.